The molecular formula is C26H39N5O6S. The van der Waals surface area contributed by atoms with E-state index in [1.807, 2.05) is 6.07 Å². The third-order valence-electron chi connectivity index (χ3n) is 8.10. The first-order chi connectivity index (χ1) is 18.1. The van der Waals surface area contributed by atoms with Gasteiger partial charge in [0.15, 0.2) is 0 Å². The smallest absolute Gasteiger partial charge is 0.371 e. The number of nitrogens with one attached hydrogen (secondary N) is 3. The zero-order valence-corrected chi connectivity index (χ0v) is 22.9. The van der Waals surface area contributed by atoms with Gasteiger partial charge in [-0.15, -0.1) is 0 Å². The summed E-state index contributed by atoms with van der Waals surface area (Å²) in [5, 5.41) is 14.0. The summed E-state index contributed by atoms with van der Waals surface area (Å²) in [6, 6.07) is 3.00. The molecule has 38 heavy (non-hydrogen) atoms. The molecule has 12 heteroatoms. The Kier molecular flexibility index (Phi) is 8.94. The minimum Gasteiger partial charge on any atom is -0.371 e. The molecule has 0 radical (unpaired) electrons. The Bertz CT molecular complexity index is 1150. The van der Waals surface area contributed by atoms with Crippen LogP contribution in [-0.4, -0.2) is 62.8 Å². The molecule has 0 spiro atoms. The van der Waals surface area contributed by atoms with Crippen LogP contribution in [0.25, 0.3) is 0 Å². The number of nitrogens with two attached hydrogens (primary N) is 1. The zero-order valence-electron chi connectivity index (χ0n) is 22.1. The van der Waals surface area contributed by atoms with Gasteiger partial charge in [-0.25, -0.2) is 0 Å². The molecule has 210 valence electrons. The van der Waals surface area contributed by atoms with Crippen LogP contribution in [0.1, 0.15) is 75.5 Å². The van der Waals surface area contributed by atoms with Gasteiger partial charge in [-0.3, -0.25) is 14.4 Å². The fourth-order valence-electron chi connectivity index (χ4n) is 5.98. The highest BCUT2D eigenvalue weighted by molar-refractivity contribution is 7.84. The molecule has 1 saturated heterocycles. The Morgan fingerprint density at radius 2 is 1.82 bits per heavy atom. The number of likely N-dealkylation sites (tertiary alicyclic amines) is 1. The Morgan fingerprint density at radius 3 is 2.50 bits per heavy atom. The molecule has 0 unspecified atom stereocenters. The number of rotatable bonds is 9. The average Bonchev–Trinajstić information content (AvgIpc) is 3.54. The van der Waals surface area contributed by atoms with Crippen LogP contribution < -0.4 is 25.3 Å². The van der Waals surface area contributed by atoms with Gasteiger partial charge in [0, 0.05) is 12.1 Å². The Hall–Kier alpha value is -2.70. The van der Waals surface area contributed by atoms with Crippen molar-refractivity contribution < 1.29 is 27.0 Å². The van der Waals surface area contributed by atoms with Crippen molar-refractivity contribution in [3.63, 3.8) is 0 Å². The van der Waals surface area contributed by atoms with Gasteiger partial charge < -0.3 is 25.0 Å². The number of likely N-dealkylation sites (N-methyl/N-ethyl adjacent to an activating group) is 1. The van der Waals surface area contributed by atoms with Gasteiger partial charge in [0.1, 0.15) is 17.8 Å². The highest BCUT2D eigenvalue weighted by Crippen LogP contribution is 2.38. The van der Waals surface area contributed by atoms with E-state index in [1.165, 1.54) is 0 Å². The lowest BCUT2D eigenvalue weighted by atomic mass is 9.83. The monoisotopic (exact) mass is 549 g/mol. The largest absolute Gasteiger partial charge is 0.380 e. The van der Waals surface area contributed by atoms with Gasteiger partial charge in [0.25, 0.3) is 0 Å². The SMILES string of the molecule is CN[C@@H](C)C(=O)N[C@H](C(=O)N1CCC[C@H]1C(=O)N[C@@H]1CCc2c(OS(N)(=O)=O)cccc21)C1CCCCC1. The molecule has 2 fully saturated rings. The molecule has 2 aliphatic carbocycles. The molecule has 1 aromatic rings. The van der Waals surface area contributed by atoms with Crippen molar-refractivity contribution in [1.29, 1.82) is 0 Å². The molecule has 0 aromatic heterocycles. The second kappa shape index (κ2) is 12.0. The van der Waals surface area contributed by atoms with Crippen LogP contribution in [0, 0.1) is 5.92 Å². The van der Waals surface area contributed by atoms with Crippen molar-refractivity contribution in [1.82, 2.24) is 20.9 Å². The van der Waals surface area contributed by atoms with Crippen LogP contribution >= 0.6 is 0 Å². The van der Waals surface area contributed by atoms with E-state index in [-0.39, 0.29) is 35.4 Å². The third kappa shape index (κ3) is 6.47. The molecule has 4 rings (SSSR count). The highest BCUT2D eigenvalue weighted by atomic mass is 32.2. The summed E-state index contributed by atoms with van der Waals surface area (Å²) in [4.78, 5) is 41.7. The van der Waals surface area contributed by atoms with Gasteiger partial charge >= 0.3 is 10.3 Å². The quantitative estimate of drug-likeness (QED) is 0.358. The summed E-state index contributed by atoms with van der Waals surface area (Å²) in [6.45, 7) is 2.22. The van der Waals surface area contributed by atoms with E-state index >= 15 is 0 Å². The number of nitrogens with zero attached hydrogens (tertiary/aromatic N) is 1. The maximum atomic E-state index is 13.8. The molecule has 3 aliphatic rings. The fraction of sp³-hybridized carbons (Fsp3) is 0.654. The molecule has 1 aromatic carbocycles. The van der Waals surface area contributed by atoms with Gasteiger partial charge in [-0.05, 0) is 70.0 Å². The summed E-state index contributed by atoms with van der Waals surface area (Å²) in [7, 11) is -2.47. The van der Waals surface area contributed by atoms with E-state index in [4.69, 9.17) is 9.32 Å². The van der Waals surface area contributed by atoms with E-state index in [0.29, 0.717) is 37.8 Å². The Labute approximate surface area is 224 Å². The van der Waals surface area contributed by atoms with Crippen LogP contribution in [0.15, 0.2) is 18.2 Å². The fourth-order valence-corrected chi connectivity index (χ4v) is 6.39. The summed E-state index contributed by atoms with van der Waals surface area (Å²) in [5.41, 5.74) is 1.48. The van der Waals surface area contributed by atoms with Crippen molar-refractivity contribution >= 4 is 28.0 Å². The summed E-state index contributed by atoms with van der Waals surface area (Å²) < 4.78 is 27.8. The normalized spacial score (nSPS) is 23.4. The maximum Gasteiger partial charge on any atom is 0.380 e. The zero-order chi connectivity index (χ0) is 27.4. The summed E-state index contributed by atoms with van der Waals surface area (Å²) in [6.07, 6.45) is 7.27. The molecule has 3 amide bonds. The van der Waals surface area contributed by atoms with E-state index < -0.39 is 28.4 Å². The number of benzene rings is 1. The molecule has 1 heterocycles. The van der Waals surface area contributed by atoms with Crippen LogP contribution in [-0.2, 0) is 31.1 Å². The number of amides is 3. The number of carbonyl (C=O) groups is 3. The number of hydrogen-bond acceptors (Lipinski definition) is 7. The van der Waals surface area contributed by atoms with E-state index in [1.54, 1.807) is 31.0 Å². The van der Waals surface area contributed by atoms with Crippen LogP contribution in [0.5, 0.6) is 5.75 Å². The summed E-state index contributed by atoms with van der Waals surface area (Å²) >= 11 is 0. The van der Waals surface area contributed by atoms with E-state index in [0.717, 1.165) is 37.7 Å². The minimum absolute atomic E-state index is 0.0486. The second-order valence-corrected chi connectivity index (χ2v) is 11.7. The first-order valence-corrected chi connectivity index (χ1v) is 15.0. The molecule has 4 atom stereocenters. The lowest BCUT2D eigenvalue weighted by Gasteiger charge is -2.35. The standard InChI is InChI=1S/C26H39N5O6S/c1-16(28-2)24(32)30-23(17-8-4-3-5-9-17)26(34)31-15-7-11-21(31)25(33)29-20-14-13-19-18(20)10-6-12-22(19)37-38(27,35)36/h6,10,12,16-17,20-21,23,28H,3-5,7-9,11,13-15H2,1-2H3,(H,29,33)(H,30,32)(H2,27,35,36)/t16-,20+,21-,23-/m0/s1. The van der Waals surface area contributed by atoms with Gasteiger partial charge in [-0.1, -0.05) is 31.4 Å². The van der Waals surface area contributed by atoms with E-state index in [9.17, 15) is 22.8 Å². The molecule has 1 saturated carbocycles. The lowest BCUT2D eigenvalue weighted by Crippen LogP contribution is -2.58. The van der Waals surface area contributed by atoms with Crippen molar-refractivity contribution in [2.45, 2.75) is 88.9 Å². The van der Waals surface area contributed by atoms with Crippen LogP contribution in [0.2, 0.25) is 0 Å². The molecule has 5 N–H and O–H groups in total. The first-order valence-electron chi connectivity index (χ1n) is 13.5. The molecule has 11 nitrogen and oxygen atoms in total. The first kappa shape index (κ1) is 28.3. The van der Waals surface area contributed by atoms with Crippen LogP contribution in [0.3, 0.4) is 0 Å². The highest BCUT2D eigenvalue weighted by Gasteiger charge is 2.42. The van der Waals surface area contributed by atoms with Crippen molar-refractivity contribution in [3.05, 3.63) is 29.3 Å². The van der Waals surface area contributed by atoms with Gasteiger partial charge in [-0.2, -0.15) is 13.6 Å². The predicted octanol–water partition coefficient (Wildman–Crippen LogP) is 1.04. The third-order valence-corrected chi connectivity index (χ3v) is 8.51. The second-order valence-electron chi connectivity index (χ2n) is 10.6. The van der Waals surface area contributed by atoms with Crippen molar-refractivity contribution in [3.8, 4) is 5.75 Å². The minimum atomic E-state index is -4.17. The predicted molar refractivity (Wildman–Crippen MR) is 141 cm³/mol. The molecule has 1 aliphatic heterocycles. The Balaban J connectivity index is 1.48. The number of hydrogen-bond donors (Lipinski definition) is 4. The topological polar surface area (TPSA) is 160 Å². The Morgan fingerprint density at radius 1 is 1.08 bits per heavy atom. The van der Waals surface area contributed by atoms with Crippen molar-refractivity contribution in [2.24, 2.45) is 11.1 Å². The average molecular weight is 550 g/mol. The molecule has 0 bridgehead atoms. The van der Waals surface area contributed by atoms with Crippen molar-refractivity contribution in [2.75, 3.05) is 13.6 Å². The van der Waals surface area contributed by atoms with E-state index in [2.05, 4.69) is 16.0 Å². The van der Waals surface area contributed by atoms with Crippen LogP contribution in [0.4, 0.5) is 0 Å². The number of carbonyl (C=O) groups excluding carboxylic acids is 3. The molecular weight excluding hydrogens is 510 g/mol. The summed E-state index contributed by atoms with van der Waals surface area (Å²) in [5.74, 6) is -0.448. The maximum absolute atomic E-state index is 13.8. The number of fused-ring (bicyclic) bond motifs is 1. The van der Waals surface area contributed by atoms with Gasteiger partial charge in [0.2, 0.25) is 17.7 Å². The lowest BCUT2D eigenvalue weighted by molar-refractivity contribution is -0.143. The van der Waals surface area contributed by atoms with Gasteiger partial charge in [0.05, 0.1) is 12.1 Å².